The molecular formula is C8H15NO3PS+. The van der Waals surface area contributed by atoms with Crippen LogP contribution in [0.1, 0.15) is 12.8 Å². The van der Waals surface area contributed by atoms with E-state index in [0.717, 1.165) is 12.8 Å². The van der Waals surface area contributed by atoms with Crippen LogP contribution in [0.25, 0.3) is 0 Å². The van der Waals surface area contributed by atoms with E-state index in [9.17, 15) is 13.0 Å². The summed E-state index contributed by atoms with van der Waals surface area (Å²) in [7, 11) is -4.98. The van der Waals surface area contributed by atoms with E-state index >= 15 is 0 Å². The first-order chi connectivity index (χ1) is 6.47. The van der Waals surface area contributed by atoms with Gasteiger partial charge in [-0.15, -0.1) is 6.58 Å². The Morgan fingerprint density at radius 2 is 2.14 bits per heavy atom. The van der Waals surface area contributed by atoms with Crippen LogP contribution < -0.4 is 0 Å². The molecule has 0 aromatic rings. The highest BCUT2D eigenvalue weighted by Crippen LogP contribution is 2.31. The van der Waals surface area contributed by atoms with Crippen molar-refractivity contribution in [1.82, 2.24) is 4.31 Å². The van der Waals surface area contributed by atoms with Gasteiger partial charge in [0.15, 0.2) is 0 Å². The number of hydrogen-bond donors (Lipinski definition) is 0. The second kappa shape index (κ2) is 4.51. The lowest BCUT2D eigenvalue weighted by atomic mass is 10.6. The van der Waals surface area contributed by atoms with Crippen molar-refractivity contribution in [2.45, 2.75) is 18.9 Å². The largest absolute Gasteiger partial charge is 0.352 e. The molecule has 0 spiro atoms. The Kier molecular flexibility index (Phi) is 3.81. The van der Waals surface area contributed by atoms with E-state index in [2.05, 4.69) is 6.58 Å². The maximum Gasteiger partial charge on any atom is 0.352 e. The zero-order valence-corrected chi connectivity index (χ0v) is 9.93. The lowest BCUT2D eigenvalue weighted by Gasteiger charge is -2.16. The Morgan fingerprint density at radius 1 is 1.57 bits per heavy atom. The summed E-state index contributed by atoms with van der Waals surface area (Å²) in [5, 5.41) is 0. The fourth-order valence-corrected chi connectivity index (χ4v) is 4.71. The number of nitrogens with zero attached hydrogens (tertiary/aromatic N) is 1. The van der Waals surface area contributed by atoms with Crippen molar-refractivity contribution in [2.75, 3.05) is 18.7 Å². The van der Waals surface area contributed by atoms with Gasteiger partial charge in [0.05, 0.1) is 0 Å². The molecule has 1 fully saturated rings. The summed E-state index contributed by atoms with van der Waals surface area (Å²) >= 11 is 0. The summed E-state index contributed by atoms with van der Waals surface area (Å²) in [6, 6.07) is 0.118. The third-order valence-corrected chi connectivity index (χ3v) is 5.89. The molecule has 1 saturated carbocycles. The lowest BCUT2D eigenvalue weighted by Crippen LogP contribution is -2.34. The molecule has 0 radical (unpaired) electrons. The first-order valence-corrected chi connectivity index (χ1v) is 7.96. The number of sulfonamides is 1. The van der Waals surface area contributed by atoms with Crippen molar-refractivity contribution in [3.8, 4) is 0 Å². The summed E-state index contributed by atoms with van der Waals surface area (Å²) < 4.78 is 35.8. The highest BCUT2D eigenvalue weighted by atomic mass is 32.2. The van der Waals surface area contributed by atoms with E-state index in [1.54, 1.807) is 6.08 Å². The van der Waals surface area contributed by atoms with Gasteiger partial charge < -0.3 is 0 Å². The van der Waals surface area contributed by atoms with Gasteiger partial charge in [-0.05, 0) is 12.8 Å². The third-order valence-electron chi connectivity index (χ3n) is 1.97. The van der Waals surface area contributed by atoms with E-state index in [4.69, 9.17) is 0 Å². The number of rotatable bonds is 6. The van der Waals surface area contributed by atoms with Crippen LogP contribution in [0.4, 0.5) is 0 Å². The summed E-state index contributed by atoms with van der Waals surface area (Å²) in [5.41, 5.74) is -0.243. The first-order valence-electron chi connectivity index (χ1n) is 4.46. The van der Waals surface area contributed by atoms with E-state index in [0.29, 0.717) is 6.54 Å². The fourth-order valence-electron chi connectivity index (χ4n) is 1.28. The summed E-state index contributed by atoms with van der Waals surface area (Å²) in [5.74, 6) is 0. The molecule has 6 heteroatoms. The van der Waals surface area contributed by atoms with E-state index in [1.807, 2.05) is 0 Å². The van der Waals surface area contributed by atoms with Gasteiger partial charge in [0.2, 0.25) is 0 Å². The van der Waals surface area contributed by atoms with Crippen LogP contribution in [-0.2, 0) is 14.6 Å². The minimum absolute atomic E-state index is 0.118. The molecule has 1 aliphatic rings. The molecule has 4 nitrogen and oxygen atoms in total. The Labute approximate surface area is 85.8 Å². The second-order valence-electron chi connectivity index (χ2n) is 3.46. The molecule has 14 heavy (non-hydrogen) atoms. The van der Waals surface area contributed by atoms with Crippen LogP contribution in [0.2, 0.25) is 0 Å². The minimum atomic E-state index is -3.34. The summed E-state index contributed by atoms with van der Waals surface area (Å²) in [6.07, 6.45) is 3.39. The van der Waals surface area contributed by atoms with E-state index in [1.165, 1.54) is 11.0 Å². The predicted molar refractivity (Wildman–Crippen MR) is 57.2 cm³/mol. The first kappa shape index (κ1) is 11.8. The van der Waals surface area contributed by atoms with Gasteiger partial charge in [0, 0.05) is 12.6 Å². The molecule has 1 rings (SSSR count). The molecule has 0 saturated heterocycles. The minimum Gasteiger partial charge on any atom is -0.208 e. The van der Waals surface area contributed by atoms with Crippen LogP contribution in [0.3, 0.4) is 0 Å². The molecule has 0 heterocycles. The standard InChI is InChI=1S/C8H15NO3PS/c1-3-6-9(8-4-5-8)14(11,12)7-13(2)10/h3,8H,1,4-7H2,2H3/q+1. The van der Waals surface area contributed by atoms with Gasteiger partial charge in [0.1, 0.15) is 6.66 Å². The molecule has 0 N–H and O–H groups in total. The maximum absolute atomic E-state index is 11.7. The molecule has 80 valence electrons. The van der Waals surface area contributed by atoms with Gasteiger partial charge in [-0.3, -0.25) is 0 Å². The van der Waals surface area contributed by atoms with Crippen molar-refractivity contribution >= 4 is 17.8 Å². The predicted octanol–water partition coefficient (Wildman–Crippen LogP) is 1.38. The van der Waals surface area contributed by atoms with E-state index < -0.39 is 17.8 Å². The molecule has 0 amide bonds. The third kappa shape index (κ3) is 3.15. The fraction of sp³-hybridized carbons (Fsp3) is 0.750. The van der Waals surface area contributed by atoms with Gasteiger partial charge in [0.25, 0.3) is 15.5 Å². The summed E-state index contributed by atoms with van der Waals surface area (Å²) in [6.45, 7) is 5.29. The molecule has 1 atom stereocenters. The average Bonchev–Trinajstić information content (AvgIpc) is 2.79. The molecule has 0 bridgehead atoms. The molecule has 1 aliphatic carbocycles. The van der Waals surface area contributed by atoms with Gasteiger partial charge >= 0.3 is 7.80 Å². The molecule has 0 aromatic carbocycles. The lowest BCUT2D eigenvalue weighted by molar-refractivity contribution is 0.439. The zero-order chi connectivity index (χ0) is 10.8. The maximum atomic E-state index is 11.7. The molecule has 0 aromatic heterocycles. The van der Waals surface area contributed by atoms with Crippen LogP contribution in [0, 0.1) is 0 Å². The van der Waals surface area contributed by atoms with E-state index in [-0.39, 0.29) is 11.5 Å². The molecule has 0 aliphatic heterocycles. The van der Waals surface area contributed by atoms with Crippen LogP contribution in [-0.4, -0.2) is 37.5 Å². The molecule has 1 unspecified atom stereocenters. The van der Waals surface area contributed by atoms with Gasteiger partial charge in [-0.2, -0.15) is 4.31 Å². The van der Waals surface area contributed by atoms with Crippen LogP contribution in [0.5, 0.6) is 0 Å². The van der Waals surface area contributed by atoms with Crippen molar-refractivity contribution in [2.24, 2.45) is 0 Å². The second-order valence-corrected chi connectivity index (χ2v) is 7.38. The summed E-state index contributed by atoms with van der Waals surface area (Å²) in [4.78, 5) is 0. The topological polar surface area (TPSA) is 54.5 Å². The normalized spacial score (nSPS) is 18.3. The number of hydrogen-bond acceptors (Lipinski definition) is 3. The Balaban J connectivity index is 2.74. The highest BCUT2D eigenvalue weighted by molar-refractivity contribution is 7.94. The Hall–Kier alpha value is -0.250. The Morgan fingerprint density at radius 3 is 2.50 bits per heavy atom. The van der Waals surface area contributed by atoms with Crippen LogP contribution in [0.15, 0.2) is 12.7 Å². The zero-order valence-electron chi connectivity index (χ0n) is 8.22. The Bertz CT molecular complexity index is 334. The molecular weight excluding hydrogens is 221 g/mol. The average molecular weight is 236 g/mol. The SMILES string of the molecule is C=CCN(C1CC1)S(=O)(=O)C[P+](C)=O. The van der Waals surface area contributed by atoms with Gasteiger partial charge in [-0.25, -0.2) is 8.42 Å². The van der Waals surface area contributed by atoms with Gasteiger partial charge in [-0.1, -0.05) is 10.6 Å². The van der Waals surface area contributed by atoms with Crippen molar-refractivity contribution in [1.29, 1.82) is 0 Å². The van der Waals surface area contributed by atoms with Crippen molar-refractivity contribution in [3.63, 3.8) is 0 Å². The monoisotopic (exact) mass is 236 g/mol. The smallest absolute Gasteiger partial charge is 0.208 e. The quantitative estimate of drug-likeness (QED) is 0.517. The van der Waals surface area contributed by atoms with Crippen molar-refractivity contribution in [3.05, 3.63) is 12.7 Å². The highest BCUT2D eigenvalue weighted by Gasteiger charge is 2.39. The van der Waals surface area contributed by atoms with Crippen LogP contribution >= 0.6 is 7.80 Å². The van der Waals surface area contributed by atoms with Crippen molar-refractivity contribution < 1.29 is 13.0 Å².